The topological polar surface area (TPSA) is 49.3 Å². The van der Waals surface area contributed by atoms with Gasteiger partial charge in [0.1, 0.15) is 6.04 Å². The standard InChI is InChI=1S/C8H15NO2/c1-5-6(7(10)11)9-8(2,3)4/h5-6,9H,1H2,2-4H3,(H,10,11). The van der Waals surface area contributed by atoms with Crippen LogP contribution >= 0.6 is 0 Å². The van der Waals surface area contributed by atoms with E-state index in [1.165, 1.54) is 6.08 Å². The Hall–Kier alpha value is -0.830. The Morgan fingerprint density at radius 2 is 2.09 bits per heavy atom. The Bertz CT molecular complexity index is 158. The van der Waals surface area contributed by atoms with Crippen LogP contribution in [0.15, 0.2) is 12.7 Å². The minimum Gasteiger partial charge on any atom is -0.480 e. The van der Waals surface area contributed by atoms with Crippen molar-refractivity contribution in [1.82, 2.24) is 5.32 Å². The van der Waals surface area contributed by atoms with E-state index in [1.807, 2.05) is 20.8 Å². The number of nitrogens with one attached hydrogen (secondary N) is 1. The molecule has 0 aromatic carbocycles. The minimum atomic E-state index is -0.894. The van der Waals surface area contributed by atoms with Gasteiger partial charge >= 0.3 is 5.97 Å². The zero-order valence-electron chi connectivity index (χ0n) is 7.22. The van der Waals surface area contributed by atoms with E-state index in [0.717, 1.165) is 0 Å². The van der Waals surface area contributed by atoms with Gasteiger partial charge in [-0.05, 0) is 20.8 Å². The summed E-state index contributed by atoms with van der Waals surface area (Å²) in [6.45, 7) is 9.15. The molecule has 0 saturated heterocycles. The Kier molecular flexibility index (Phi) is 3.26. The van der Waals surface area contributed by atoms with Gasteiger partial charge in [-0.25, -0.2) is 0 Å². The van der Waals surface area contributed by atoms with Crippen LogP contribution in [-0.2, 0) is 4.79 Å². The number of carboxylic acid groups (broad SMARTS) is 1. The van der Waals surface area contributed by atoms with Crippen LogP contribution in [-0.4, -0.2) is 22.7 Å². The van der Waals surface area contributed by atoms with Gasteiger partial charge < -0.3 is 5.11 Å². The van der Waals surface area contributed by atoms with Crippen molar-refractivity contribution in [2.75, 3.05) is 0 Å². The predicted molar refractivity (Wildman–Crippen MR) is 44.5 cm³/mol. The fraction of sp³-hybridized carbons (Fsp3) is 0.625. The lowest BCUT2D eigenvalue weighted by atomic mass is 10.1. The molecular weight excluding hydrogens is 142 g/mol. The zero-order chi connectivity index (χ0) is 9.07. The molecule has 0 aliphatic heterocycles. The maximum atomic E-state index is 10.5. The van der Waals surface area contributed by atoms with E-state index in [-0.39, 0.29) is 5.54 Å². The van der Waals surface area contributed by atoms with Crippen molar-refractivity contribution >= 4 is 5.97 Å². The zero-order valence-corrected chi connectivity index (χ0v) is 7.22. The molecule has 0 amide bonds. The maximum absolute atomic E-state index is 10.5. The van der Waals surface area contributed by atoms with Gasteiger partial charge in [-0.1, -0.05) is 6.08 Å². The summed E-state index contributed by atoms with van der Waals surface area (Å²) < 4.78 is 0. The first kappa shape index (κ1) is 10.2. The summed E-state index contributed by atoms with van der Waals surface area (Å²) in [5.41, 5.74) is -0.197. The molecule has 3 heteroatoms. The van der Waals surface area contributed by atoms with E-state index in [1.54, 1.807) is 0 Å². The highest BCUT2D eigenvalue weighted by atomic mass is 16.4. The molecule has 0 spiro atoms. The fourth-order valence-corrected chi connectivity index (χ4v) is 0.688. The Labute approximate surface area is 67.1 Å². The van der Waals surface area contributed by atoms with Crippen LogP contribution in [0.3, 0.4) is 0 Å². The lowest BCUT2D eigenvalue weighted by Crippen LogP contribution is -2.46. The van der Waals surface area contributed by atoms with Crippen molar-refractivity contribution in [3.63, 3.8) is 0 Å². The number of aliphatic carboxylic acids is 1. The monoisotopic (exact) mass is 157 g/mol. The Morgan fingerprint density at radius 3 is 2.18 bits per heavy atom. The van der Waals surface area contributed by atoms with Gasteiger partial charge in [-0.15, -0.1) is 6.58 Å². The van der Waals surface area contributed by atoms with Crippen LogP contribution in [0.25, 0.3) is 0 Å². The molecule has 0 radical (unpaired) electrons. The number of carboxylic acids is 1. The maximum Gasteiger partial charge on any atom is 0.324 e. The molecule has 0 fully saturated rings. The predicted octanol–water partition coefficient (Wildman–Crippen LogP) is 1.01. The molecule has 11 heavy (non-hydrogen) atoms. The normalized spacial score (nSPS) is 14.1. The Balaban J connectivity index is 4.10. The molecule has 2 N–H and O–H groups in total. The molecule has 64 valence electrons. The van der Waals surface area contributed by atoms with Gasteiger partial charge in [0, 0.05) is 5.54 Å². The summed E-state index contributed by atoms with van der Waals surface area (Å²) in [6, 6.07) is -0.657. The van der Waals surface area contributed by atoms with Crippen molar-refractivity contribution in [3.8, 4) is 0 Å². The summed E-state index contributed by atoms with van der Waals surface area (Å²) >= 11 is 0. The quantitative estimate of drug-likeness (QED) is 0.601. The number of hydrogen-bond donors (Lipinski definition) is 2. The smallest absolute Gasteiger partial charge is 0.324 e. The molecule has 0 aromatic heterocycles. The van der Waals surface area contributed by atoms with Crippen LogP contribution < -0.4 is 5.32 Å². The van der Waals surface area contributed by atoms with Crippen molar-refractivity contribution in [2.45, 2.75) is 32.4 Å². The van der Waals surface area contributed by atoms with Crippen LogP contribution in [0.4, 0.5) is 0 Å². The molecule has 0 saturated carbocycles. The molecule has 0 aliphatic rings. The average molecular weight is 157 g/mol. The minimum absolute atomic E-state index is 0.197. The number of carbonyl (C=O) groups is 1. The highest BCUT2D eigenvalue weighted by molar-refractivity contribution is 5.75. The van der Waals surface area contributed by atoms with Crippen LogP contribution in [0.5, 0.6) is 0 Å². The van der Waals surface area contributed by atoms with Crippen molar-refractivity contribution < 1.29 is 9.90 Å². The van der Waals surface area contributed by atoms with Crippen molar-refractivity contribution in [1.29, 1.82) is 0 Å². The highest BCUT2D eigenvalue weighted by Gasteiger charge is 2.19. The van der Waals surface area contributed by atoms with E-state index >= 15 is 0 Å². The lowest BCUT2D eigenvalue weighted by Gasteiger charge is -2.23. The van der Waals surface area contributed by atoms with Gasteiger partial charge in [-0.3, -0.25) is 10.1 Å². The van der Waals surface area contributed by atoms with E-state index in [9.17, 15) is 4.79 Å². The van der Waals surface area contributed by atoms with Crippen molar-refractivity contribution in [2.24, 2.45) is 0 Å². The van der Waals surface area contributed by atoms with Crippen molar-refractivity contribution in [3.05, 3.63) is 12.7 Å². The fourth-order valence-electron chi connectivity index (χ4n) is 0.688. The third-order valence-electron chi connectivity index (χ3n) is 1.09. The molecule has 0 aromatic rings. The van der Waals surface area contributed by atoms with Crippen LogP contribution in [0.1, 0.15) is 20.8 Å². The third-order valence-corrected chi connectivity index (χ3v) is 1.09. The summed E-state index contributed by atoms with van der Waals surface area (Å²) in [5.74, 6) is -0.894. The van der Waals surface area contributed by atoms with Gasteiger partial charge in [0.2, 0.25) is 0 Å². The number of hydrogen-bond acceptors (Lipinski definition) is 2. The van der Waals surface area contributed by atoms with Gasteiger partial charge in [0.05, 0.1) is 0 Å². The van der Waals surface area contributed by atoms with E-state index in [0.29, 0.717) is 0 Å². The second kappa shape index (κ2) is 3.53. The molecule has 3 nitrogen and oxygen atoms in total. The lowest BCUT2D eigenvalue weighted by molar-refractivity contribution is -0.138. The first-order valence-electron chi connectivity index (χ1n) is 3.50. The molecule has 1 unspecified atom stereocenters. The highest BCUT2D eigenvalue weighted by Crippen LogP contribution is 2.01. The summed E-state index contributed by atoms with van der Waals surface area (Å²) in [7, 11) is 0. The summed E-state index contributed by atoms with van der Waals surface area (Å²) in [6.07, 6.45) is 1.38. The molecular formula is C8H15NO2. The van der Waals surface area contributed by atoms with Crippen LogP contribution in [0.2, 0.25) is 0 Å². The van der Waals surface area contributed by atoms with Gasteiger partial charge in [-0.2, -0.15) is 0 Å². The second-order valence-electron chi connectivity index (χ2n) is 3.45. The van der Waals surface area contributed by atoms with Gasteiger partial charge in [0.25, 0.3) is 0 Å². The van der Waals surface area contributed by atoms with E-state index in [2.05, 4.69) is 11.9 Å². The second-order valence-corrected chi connectivity index (χ2v) is 3.45. The summed E-state index contributed by atoms with van der Waals surface area (Å²) in [4.78, 5) is 10.5. The molecule has 0 heterocycles. The first-order chi connectivity index (χ1) is 4.87. The van der Waals surface area contributed by atoms with E-state index < -0.39 is 12.0 Å². The first-order valence-corrected chi connectivity index (χ1v) is 3.50. The summed E-state index contributed by atoms with van der Waals surface area (Å²) in [5, 5.41) is 11.5. The molecule has 0 rings (SSSR count). The Morgan fingerprint density at radius 1 is 1.64 bits per heavy atom. The average Bonchev–Trinajstić information content (AvgIpc) is 1.80. The van der Waals surface area contributed by atoms with E-state index in [4.69, 9.17) is 5.11 Å². The number of rotatable bonds is 3. The molecule has 1 atom stereocenters. The molecule has 0 bridgehead atoms. The van der Waals surface area contributed by atoms with Gasteiger partial charge in [0.15, 0.2) is 0 Å². The largest absolute Gasteiger partial charge is 0.480 e. The molecule has 0 aliphatic carbocycles. The third kappa shape index (κ3) is 4.56. The SMILES string of the molecule is C=CC(NC(C)(C)C)C(=O)O. The van der Waals surface area contributed by atoms with Crippen LogP contribution in [0, 0.1) is 0 Å².